The summed E-state index contributed by atoms with van der Waals surface area (Å²) in [4.78, 5) is 11.3. The summed E-state index contributed by atoms with van der Waals surface area (Å²) in [6, 6.07) is 3.32. The number of benzene rings is 1. The predicted octanol–water partition coefficient (Wildman–Crippen LogP) is 2.59. The fraction of sp³-hybridized carbons (Fsp3) is 0.500. The van der Waals surface area contributed by atoms with E-state index < -0.39 is 6.10 Å². The molecule has 1 aromatic carbocycles. The number of hydrogen-bond donors (Lipinski definition) is 1. The van der Waals surface area contributed by atoms with Crippen molar-refractivity contribution in [1.29, 1.82) is 0 Å². The fourth-order valence-electron chi connectivity index (χ4n) is 1.90. The Kier molecular flexibility index (Phi) is 6.10. The van der Waals surface area contributed by atoms with Crippen LogP contribution >= 0.6 is 11.6 Å². The second-order valence-electron chi connectivity index (χ2n) is 4.41. The van der Waals surface area contributed by atoms with Gasteiger partial charge in [-0.1, -0.05) is 24.6 Å². The molecular formula is C14H19ClO5. The number of aliphatic hydroxyl groups is 1. The van der Waals surface area contributed by atoms with E-state index in [9.17, 15) is 9.90 Å². The molecule has 20 heavy (non-hydrogen) atoms. The van der Waals surface area contributed by atoms with Crippen LogP contribution in [0.4, 0.5) is 0 Å². The van der Waals surface area contributed by atoms with Gasteiger partial charge in [0.1, 0.15) is 0 Å². The molecule has 0 aliphatic heterocycles. The summed E-state index contributed by atoms with van der Waals surface area (Å²) in [6.45, 7) is 1.74. The molecule has 0 saturated carbocycles. The standard InChI is InChI=1S/C14H19ClO5/c1-8(7-11(16)19-3)13(17)9-5-6-10(18-2)14(20-4)12(9)15/h5-6,8,13,17H,7H2,1-4H3. The Morgan fingerprint density at radius 3 is 2.45 bits per heavy atom. The molecule has 0 amide bonds. The van der Waals surface area contributed by atoms with Gasteiger partial charge < -0.3 is 19.3 Å². The number of rotatable bonds is 6. The zero-order valence-corrected chi connectivity index (χ0v) is 12.7. The van der Waals surface area contributed by atoms with Gasteiger partial charge in [-0.15, -0.1) is 0 Å². The van der Waals surface area contributed by atoms with Crippen LogP contribution < -0.4 is 9.47 Å². The number of aliphatic hydroxyl groups excluding tert-OH is 1. The third-order valence-corrected chi connectivity index (χ3v) is 3.48. The van der Waals surface area contributed by atoms with Crippen molar-refractivity contribution in [3.05, 3.63) is 22.7 Å². The summed E-state index contributed by atoms with van der Waals surface area (Å²) >= 11 is 6.22. The number of methoxy groups -OCH3 is 3. The van der Waals surface area contributed by atoms with E-state index in [-0.39, 0.29) is 23.3 Å². The maximum Gasteiger partial charge on any atom is 0.305 e. The summed E-state index contributed by atoms with van der Waals surface area (Å²) in [5, 5.41) is 10.6. The van der Waals surface area contributed by atoms with Crippen molar-refractivity contribution < 1.29 is 24.1 Å². The van der Waals surface area contributed by atoms with Crippen molar-refractivity contribution in [2.45, 2.75) is 19.4 Å². The molecular weight excluding hydrogens is 284 g/mol. The molecule has 0 bridgehead atoms. The molecule has 0 heterocycles. The molecule has 0 spiro atoms. The molecule has 112 valence electrons. The van der Waals surface area contributed by atoms with Gasteiger partial charge in [0, 0.05) is 5.56 Å². The molecule has 1 N–H and O–H groups in total. The van der Waals surface area contributed by atoms with Crippen molar-refractivity contribution in [1.82, 2.24) is 0 Å². The highest BCUT2D eigenvalue weighted by Crippen LogP contribution is 2.41. The minimum Gasteiger partial charge on any atom is -0.493 e. The highest BCUT2D eigenvalue weighted by Gasteiger charge is 2.24. The molecule has 5 nitrogen and oxygen atoms in total. The van der Waals surface area contributed by atoms with E-state index in [1.54, 1.807) is 19.1 Å². The highest BCUT2D eigenvalue weighted by molar-refractivity contribution is 6.33. The molecule has 0 saturated heterocycles. The van der Waals surface area contributed by atoms with Crippen molar-refractivity contribution in [3.63, 3.8) is 0 Å². The Hall–Kier alpha value is -1.46. The first-order valence-electron chi connectivity index (χ1n) is 6.11. The van der Waals surface area contributed by atoms with E-state index in [0.717, 1.165) is 0 Å². The number of halogens is 1. The Bertz CT molecular complexity index is 475. The van der Waals surface area contributed by atoms with Crippen LogP contribution in [0.3, 0.4) is 0 Å². The second-order valence-corrected chi connectivity index (χ2v) is 4.78. The van der Waals surface area contributed by atoms with E-state index >= 15 is 0 Å². The zero-order chi connectivity index (χ0) is 15.3. The van der Waals surface area contributed by atoms with Crippen LogP contribution in [-0.2, 0) is 9.53 Å². The molecule has 0 radical (unpaired) electrons. The van der Waals surface area contributed by atoms with Gasteiger partial charge in [0.25, 0.3) is 0 Å². The molecule has 0 aliphatic carbocycles. The van der Waals surface area contributed by atoms with E-state index in [2.05, 4.69) is 4.74 Å². The largest absolute Gasteiger partial charge is 0.493 e. The van der Waals surface area contributed by atoms with Gasteiger partial charge in [0.15, 0.2) is 11.5 Å². The zero-order valence-electron chi connectivity index (χ0n) is 12.0. The van der Waals surface area contributed by atoms with Crippen LogP contribution in [0, 0.1) is 5.92 Å². The van der Waals surface area contributed by atoms with Gasteiger partial charge in [0.2, 0.25) is 0 Å². The Labute approximate surface area is 123 Å². The summed E-state index contributed by atoms with van der Waals surface area (Å²) in [5.74, 6) is 0.122. The predicted molar refractivity (Wildman–Crippen MR) is 75.3 cm³/mol. The third-order valence-electron chi connectivity index (χ3n) is 3.09. The lowest BCUT2D eigenvalue weighted by atomic mass is 9.94. The van der Waals surface area contributed by atoms with Crippen LogP contribution in [0.1, 0.15) is 25.0 Å². The summed E-state index contributed by atoms with van der Waals surface area (Å²) < 4.78 is 14.9. The molecule has 2 atom stereocenters. The van der Waals surface area contributed by atoms with E-state index in [4.69, 9.17) is 21.1 Å². The lowest BCUT2D eigenvalue weighted by molar-refractivity contribution is -0.142. The average Bonchev–Trinajstić information content (AvgIpc) is 2.45. The fourth-order valence-corrected chi connectivity index (χ4v) is 2.24. The van der Waals surface area contributed by atoms with E-state index in [1.165, 1.54) is 21.3 Å². The van der Waals surface area contributed by atoms with E-state index in [0.29, 0.717) is 17.1 Å². The lowest BCUT2D eigenvalue weighted by Gasteiger charge is -2.21. The lowest BCUT2D eigenvalue weighted by Crippen LogP contribution is -2.15. The molecule has 2 unspecified atom stereocenters. The van der Waals surface area contributed by atoms with Gasteiger partial charge in [-0.2, -0.15) is 0 Å². The Morgan fingerprint density at radius 2 is 1.95 bits per heavy atom. The Morgan fingerprint density at radius 1 is 1.30 bits per heavy atom. The molecule has 0 aliphatic rings. The van der Waals surface area contributed by atoms with Gasteiger partial charge in [0.05, 0.1) is 38.9 Å². The van der Waals surface area contributed by atoms with Crippen molar-refractivity contribution in [2.24, 2.45) is 5.92 Å². The van der Waals surface area contributed by atoms with Gasteiger partial charge in [-0.05, 0) is 12.0 Å². The summed E-state index contributed by atoms with van der Waals surface area (Å²) in [6.07, 6.45) is -0.802. The van der Waals surface area contributed by atoms with Crippen LogP contribution in [0.15, 0.2) is 12.1 Å². The first-order valence-corrected chi connectivity index (χ1v) is 6.49. The minimum absolute atomic E-state index is 0.0995. The van der Waals surface area contributed by atoms with Gasteiger partial charge >= 0.3 is 5.97 Å². The van der Waals surface area contributed by atoms with Crippen LogP contribution in [-0.4, -0.2) is 32.4 Å². The van der Waals surface area contributed by atoms with Gasteiger partial charge in [-0.25, -0.2) is 0 Å². The minimum atomic E-state index is -0.901. The Balaban J connectivity index is 3.04. The maximum atomic E-state index is 11.3. The SMILES string of the molecule is COC(=O)CC(C)C(O)c1ccc(OC)c(OC)c1Cl. The number of esters is 1. The average molecular weight is 303 g/mol. The molecule has 1 rings (SSSR count). The molecule has 0 aromatic heterocycles. The smallest absolute Gasteiger partial charge is 0.305 e. The molecule has 6 heteroatoms. The number of carbonyl (C=O) groups excluding carboxylic acids is 1. The first-order chi connectivity index (χ1) is 9.46. The number of hydrogen-bond acceptors (Lipinski definition) is 5. The summed E-state index contributed by atoms with van der Waals surface area (Å²) in [5.41, 5.74) is 0.487. The first kappa shape index (κ1) is 16.6. The quantitative estimate of drug-likeness (QED) is 0.818. The number of carbonyl (C=O) groups is 1. The highest BCUT2D eigenvalue weighted by atomic mass is 35.5. The van der Waals surface area contributed by atoms with E-state index in [1.807, 2.05) is 0 Å². The third kappa shape index (κ3) is 3.55. The van der Waals surface area contributed by atoms with Gasteiger partial charge in [-0.3, -0.25) is 4.79 Å². The van der Waals surface area contributed by atoms with Crippen LogP contribution in [0.5, 0.6) is 11.5 Å². The van der Waals surface area contributed by atoms with Crippen LogP contribution in [0.2, 0.25) is 5.02 Å². The summed E-state index contributed by atoms with van der Waals surface area (Å²) in [7, 11) is 4.28. The van der Waals surface area contributed by atoms with Crippen molar-refractivity contribution in [3.8, 4) is 11.5 Å². The molecule has 0 fully saturated rings. The second kappa shape index (κ2) is 7.36. The van der Waals surface area contributed by atoms with Crippen LogP contribution in [0.25, 0.3) is 0 Å². The molecule has 1 aromatic rings. The van der Waals surface area contributed by atoms with Crippen molar-refractivity contribution >= 4 is 17.6 Å². The maximum absolute atomic E-state index is 11.3. The normalized spacial score (nSPS) is 13.5. The number of ether oxygens (including phenoxy) is 3. The topological polar surface area (TPSA) is 65.0 Å². The monoisotopic (exact) mass is 302 g/mol. The van der Waals surface area contributed by atoms with Crippen molar-refractivity contribution in [2.75, 3.05) is 21.3 Å².